The molecule has 0 bridgehead atoms. The van der Waals surface area contributed by atoms with Crippen molar-refractivity contribution in [3.8, 4) is 0 Å². The average molecular weight is 303 g/mol. The lowest BCUT2D eigenvalue weighted by atomic mass is 9.96. The van der Waals surface area contributed by atoms with Crippen LogP contribution < -0.4 is 0 Å². The maximum atomic E-state index is 12.6. The highest BCUT2D eigenvalue weighted by Gasteiger charge is 2.32. The number of carbonyl (C=O) groups excluding carboxylic acids is 2. The number of rotatable bonds is 2. The van der Waals surface area contributed by atoms with Crippen molar-refractivity contribution in [2.75, 3.05) is 39.4 Å². The highest BCUT2D eigenvalue weighted by atomic mass is 16.5. The second-order valence-corrected chi connectivity index (χ2v) is 5.74. The second-order valence-electron chi connectivity index (χ2n) is 5.74. The number of amides is 2. The molecule has 0 aromatic carbocycles. The van der Waals surface area contributed by atoms with E-state index >= 15 is 0 Å². The number of hydrogen-bond donors (Lipinski definition) is 0. The summed E-state index contributed by atoms with van der Waals surface area (Å²) in [6.07, 6.45) is 3.33. The Balaban J connectivity index is 1.63. The van der Waals surface area contributed by atoms with Crippen LogP contribution in [0.3, 0.4) is 0 Å². The largest absolute Gasteiger partial charge is 0.378 e. The van der Waals surface area contributed by atoms with Gasteiger partial charge in [0.25, 0.3) is 5.91 Å². The van der Waals surface area contributed by atoms with E-state index in [1.165, 1.54) is 0 Å². The molecule has 6 nitrogen and oxygen atoms in total. The first-order valence-electron chi connectivity index (χ1n) is 7.82. The van der Waals surface area contributed by atoms with E-state index in [1.54, 1.807) is 29.3 Å². The van der Waals surface area contributed by atoms with Gasteiger partial charge in [0, 0.05) is 32.4 Å². The van der Waals surface area contributed by atoms with Crippen LogP contribution in [-0.4, -0.2) is 66.0 Å². The fourth-order valence-corrected chi connectivity index (χ4v) is 3.06. The molecule has 0 spiro atoms. The maximum absolute atomic E-state index is 12.6. The molecular weight excluding hydrogens is 282 g/mol. The van der Waals surface area contributed by atoms with Gasteiger partial charge in [0.15, 0.2) is 0 Å². The summed E-state index contributed by atoms with van der Waals surface area (Å²) in [7, 11) is 0. The van der Waals surface area contributed by atoms with E-state index in [2.05, 4.69) is 4.98 Å². The molecule has 22 heavy (non-hydrogen) atoms. The predicted octanol–water partition coefficient (Wildman–Crippen LogP) is 0.793. The molecule has 0 saturated carbocycles. The van der Waals surface area contributed by atoms with E-state index in [0.29, 0.717) is 45.1 Å². The van der Waals surface area contributed by atoms with Gasteiger partial charge in [-0.1, -0.05) is 6.07 Å². The van der Waals surface area contributed by atoms with Gasteiger partial charge in [-0.3, -0.25) is 14.6 Å². The average Bonchev–Trinajstić information content (AvgIpc) is 2.62. The Morgan fingerprint density at radius 2 is 1.95 bits per heavy atom. The third-order valence-corrected chi connectivity index (χ3v) is 4.26. The Morgan fingerprint density at radius 3 is 2.68 bits per heavy atom. The molecule has 2 aliphatic rings. The summed E-state index contributed by atoms with van der Waals surface area (Å²) in [5, 5.41) is 0. The number of piperidine rings is 1. The second kappa shape index (κ2) is 6.87. The van der Waals surface area contributed by atoms with Crippen LogP contribution in [0, 0.1) is 5.92 Å². The van der Waals surface area contributed by atoms with Gasteiger partial charge in [-0.25, -0.2) is 0 Å². The Morgan fingerprint density at radius 1 is 1.14 bits per heavy atom. The first-order valence-corrected chi connectivity index (χ1v) is 7.82. The van der Waals surface area contributed by atoms with E-state index in [4.69, 9.17) is 4.74 Å². The highest BCUT2D eigenvalue weighted by Crippen LogP contribution is 2.20. The summed E-state index contributed by atoms with van der Waals surface area (Å²) in [6, 6.07) is 5.31. The van der Waals surface area contributed by atoms with Gasteiger partial charge in [0.2, 0.25) is 5.91 Å². The van der Waals surface area contributed by atoms with Gasteiger partial charge >= 0.3 is 0 Å². The van der Waals surface area contributed by atoms with Crippen LogP contribution in [0.4, 0.5) is 0 Å². The van der Waals surface area contributed by atoms with Crippen molar-refractivity contribution in [1.29, 1.82) is 0 Å². The summed E-state index contributed by atoms with van der Waals surface area (Å²) in [4.78, 5) is 32.8. The minimum Gasteiger partial charge on any atom is -0.378 e. The molecule has 6 heteroatoms. The van der Waals surface area contributed by atoms with Crippen LogP contribution in [0.15, 0.2) is 24.4 Å². The molecule has 2 saturated heterocycles. The summed E-state index contributed by atoms with van der Waals surface area (Å²) >= 11 is 0. The summed E-state index contributed by atoms with van der Waals surface area (Å²) in [5.74, 6) is -0.0265. The van der Waals surface area contributed by atoms with E-state index in [9.17, 15) is 9.59 Å². The molecule has 0 aliphatic carbocycles. The normalized spacial score (nSPS) is 22.5. The number of morpholine rings is 1. The minimum atomic E-state index is -0.0977. The SMILES string of the molecule is O=C(c1ccccn1)N1CCC[C@H](C(=O)N2CCOCC2)C1. The molecule has 3 rings (SSSR count). The van der Waals surface area contributed by atoms with Gasteiger partial charge in [-0.05, 0) is 25.0 Å². The first-order chi connectivity index (χ1) is 10.8. The van der Waals surface area contributed by atoms with Crippen molar-refractivity contribution >= 4 is 11.8 Å². The summed E-state index contributed by atoms with van der Waals surface area (Å²) in [5.41, 5.74) is 0.446. The van der Waals surface area contributed by atoms with Crippen LogP contribution in [0.5, 0.6) is 0 Å². The minimum absolute atomic E-state index is 0.0833. The number of ether oxygens (including phenoxy) is 1. The molecule has 0 N–H and O–H groups in total. The molecule has 0 radical (unpaired) electrons. The van der Waals surface area contributed by atoms with Crippen molar-refractivity contribution in [2.45, 2.75) is 12.8 Å². The monoisotopic (exact) mass is 303 g/mol. The summed E-state index contributed by atoms with van der Waals surface area (Å²) < 4.78 is 5.29. The number of aromatic nitrogens is 1. The number of hydrogen-bond acceptors (Lipinski definition) is 4. The molecule has 1 aromatic heterocycles. The number of nitrogens with zero attached hydrogens (tertiary/aromatic N) is 3. The quantitative estimate of drug-likeness (QED) is 0.810. The van der Waals surface area contributed by atoms with Gasteiger partial charge in [0.05, 0.1) is 19.1 Å². The van der Waals surface area contributed by atoms with Crippen molar-refractivity contribution in [3.63, 3.8) is 0 Å². The van der Waals surface area contributed by atoms with Crippen LogP contribution in [0.25, 0.3) is 0 Å². The lowest BCUT2D eigenvalue weighted by Crippen LogP contribution is -2.49. The predicted molar refractivity (Wildman–Crippen MR) is 80.3 cm³/mol. The first kappa shape index (κ1) is 15.0. The van der Waals surface area contributed by atoms with Crippen LogP contribution in [0.1, 0.15) is 23.3 Å². The molecule has 1 atom stereocenters. The van der Waals surface area contributed by atoms with Crippen LogP contribution in [0.2, 0.25) is 0 Å². The standard InChI is InChI=1S/C16H21N3O3/c20-15(18-8-10-22-11-9-18)13-4-3-7-19(12-13)16(21)14-5-1-2-6-17-14/h1-2,5-6,13H,3-4,7-12H2/t13-/m0/s1. The molecule has 2 amide bonds. The number of carbonyl (C=O) groups is 2. The van der Waals surface area contributed by atoms with Gasteiger partial charge in [-0.15, -0.1) is 0 Å². The molecule has 0 unspecified atom stereocenters. The number of likely N-dealkylation sites (tertiary alicyclic amines) is 1. The lowest BCUT2D eigenvalue weighted by Gasteiger charge is -2.36. The van der Waals surface area contributed by atoms with Crippen LogP contribution >= 0.6 is 0 Å². The Kier molecular flexibility index (Phi) is 4.68. The van der Waals surface area contributed by atoms with Gasteiger partial charge < -0.3 is 14.5 Å². The Hall–Kier alpha value is -1.95. The molecular formula is C16H21N3O3. The molecule has 2 aliphatic heterocycles. The lowest BCUT2D eigenvalue weighted by molar-refractivity contribution is -0.141. The third-order valence-electron chi connectivity index (χ3n) is 4.26. The van der Waals surface area contributed by atoms with E-state index < -0.39 is 0 Å². The summed E-state index contributed by atoms with van der Waals surface area (Å²) in [6.45, 7) is 3.71. The van der Waals surface area contributed by atoms with Crippen molar-refractivity contribution < 1.29 is 14.3 Å². The van der Waals surface area contributed by atoms with E-state index in [1.807, 2.05) is 4.90 Å². The zero-order valence-electron chi connectivity index (χ0n) is 12.6. The fourth-order valence-electron chi connectivity index (χ4n) is 3.06. The zero-order valence-corrected chi connectivity index (χ0v) is 12.6. The molecule has 2 fully saturated rings. The van der Waals surface area contributed by atoms with Crippen molar-refractivity contribution in [2.24, 2.45) is 5.92 Å². The van der Waals surface area contributed by atoms with E-state index in [0.717, 1.165) is 12.8 Å². The number of pyridine rings is 1. The third kappa shape index (κ3) is 3.27. The van der Waals surface area contributed by atoms with Crippen molar-refractivity contribution in [3.05, 3.63) is 30.1 Å². The maximum Gasteiger partial charge on any atom is 0.272 e. The van der Waals surface area contributed by atoms with Gasteiger partial charge in [0.1, 0.15) is 5.69 Å². The fraction of sp³-hybridized carbons (Fsp3) is 0.562. The zero-order chi connectivity index (χ0) is 15.4. The van der Waals surface area contributed by atoms with Crippen molar-refractivity contribution in [1.82, 2.24) is 14.8 Å². The highest BCUT2D eigenvalue weighted by molar-refractivity contribution is 5.92. The molecule has 1 aromatic rings. The molecule has 118 valence electrons. The van der Waals surface area contributed by atoms with Crippen LogP contribution in [-0.2, 0) is 9.53 Å². The Bertz CT molecular complexity index is 529. The topological polar surface area (TPSA) is 62.7 Å². The smallest absolute Gasteiger partial charge is 0.272 e. The van der Waals surface area contributed by atoms with E-state index in [-0.39, 0.29) is 17.7 Å². The molecule has 3 heterocycles. The van der Waals surface area contributed by atoms with Gasteiger partial charge in [-0.2, -0.15) is 0 Å². The Labute approximate surface area is 130 Å².